The fourth-order valence-corrected chi connectivity index (χ4v) is 3.10. The molecule has 0 atom stereocenters. The average molecular weight is 362 g/mol. The number of nitrogens with zero attached hydrogens (tertiary/aromatic N) is 3. The lowest BCUT2D eigenvalue weighted by Crippen LogP contribution is -2.05. The zero-order valence-electron chi connectivity index (χ0n) is 15.6. The third-order valence-corrected chi connectivity index (χ3v) is 4.61. The third-order valence-electron chi connectivity index (χ3n) is 4.61. The molecule has 3 heterocycles. The van der Waals surface area contributed by atoms with Crippen molar-refractivity contribution in [1.29, 1.82) is 0 Å². The van der Waals surface area contributed by atoms with Crippen LogP contribution < -0.4 is 10.1 Å². The van der Waals surface area contributed by atoms with Gasteiger partial charge >= 0.3 is 0 Å². The second kappa shape index (κ2) is 7.15. The van der Waals surface area contributed by atoms with Crippen molar-refractivity contribution in [2.24, 2.45) is 0 Å². The van der Waals surface area contributed by atoms with Gasteiger partial charge in [0.25, 0.3) is 0 Å². The number of rotatable bonds is 6. The lowest BCUT2D eigenvalue weighted by atomic mass is 9.97. The van der Waals surface area contributed by atoms with Crippen molar-refractivity contribution in [1.82, 2.24) is 14.6 Å². The molecule has 6 heteroatoms. The summed E-state index contributed by atoms with van der Waals surface area (Å²) in [5, 5.41) is 7.90. The molecule has 0 bridgehead atoms. The van der Waals surface area contributed by atoms with Crippen LogP contribution in [0, 0.1) is 0 Å². The molecular weight excluding hydrogens is 340 g/mol. The van der Waals surface area contributed by atoms with Crippen LogP contribution in [0.5, 0.6) is 5.75 Å². The maximum absolute atomic E-state index is 5.59. The second-order valence-corrected chi connectivity index (χ2v) is 6.67. The van der Waals surface area contributed by atoms with Crippen molar-refractivity contribution >= 4 is 11.5 Å². The molecule has 4 aromatic rings. The summed E-state index contributed by atoms with van der Waals surface area (Å²) < 4.78 is 12.8. The minimum absolute atomic E-state index is 0.426. The number of methoxy groups -OCH3 is 1. The summed E-state index contributed by atoms with van der Waals surface area (Å²) in [6, 6.07) is 12.0. The maximum Gasteiger partial charge on any atom is 0.165 e. The Balaban J connectivity index is 1.76. The van der Waals surface area contributed by atoms with E-state index in [1.54, 1.807) is 24.1 Å². The van der Waals surface area contributed by atoms with Gasteiger partial charge in [0.05, 0.1) is 31.7 Å². The molecule has 0 amide bonds. The van der Waals surface area contributed by atoms with Gasteiger partial charge in [0.15, 0.2) is 5.65 Å². The maximum atomic E-state index is 5.59. The number of hydrogen-bond donors (Lipinski definition) is 1. The fraction of sp³-hybridized carbons (Fsp3) is 0.238. The topological polar surface area (TPSA) is 64.6 Å². The molecule has 138 valence electrons. The summed E-state index contributed by atoms with van der Waals surface area (Å²) in [4.78, 5) is 4.55. The van der Waals surface area contributed by atoms with Gasteiger partial charge in [-0.2, -0.15) is 9.61 Å². The molecular formula is C21H22N4O2. The Hall–Kier alpha value is -3.28. The van der Waals surface area contributed by atoms with Crippen LogP contribution in [-0.2, 0) is 6.54 Å². The monoisotopic (exact) mass is 362 g/mol. The van der Waals surface area contributed by atoms with E-state index in [-0.39, 0.29) is 0 Å². The van der Waals surface area contributed by atoms with Crippen molar-refractivity contribution in [3.8, 4) is 16.9 Å². The van der Waals surface area contributed by atoms with Gasteiger partial charge in [-0.25, -0.2) is 4.98 Å². The number of ether oxygens (including phenoxy) is 1. The Labute approximate surface area is 157 Å². The number of furan rings is 1. The molecule has 6 nitrogen and oxygen atoms in total. The first kappa shape index (κ1) is 17.1. The zero-order chi connectivity index (χ0) is 18.8. The normalized spacial score (nSPS) is 11.3. The van der Waals surface area contributed by atoms with Gasteiger partial charge in [-0.3, -0.25) is 0 Å². The van der Waals surface area contributed by atoms with Gasteiger partial charge in [0.1, 0.15) is 17.3 Å². The van der Waals surface area contributed by atoms with Crippen LogP contribution in [0.1, 0.15) is 31.1 Å². The Morgan fingerprint density at radius 1 is 1.19 bits per heavy atom. The van der Waals surface area contributed by atoms with E-state index in [2.05, 4.69) is 41.4 Å². The molecule has 3 aromatic heterocycles. The number of aromatic nitrogens is 3. The molecule has 0 aliphatic carbocycles. The quantitative estimate of drug-likeness (QED) is 0.537. The number of nitrogens with one attached hydrogen (secondary N) is 1. The molecule has 4 rings (SSSR count). The molecule has 0 spiro atoms. The average Bonchev–Trinajstić information content (AvgIpc) is 3.35. The van der Waals surface area contributed by atoms with Gasteiger partial charge in [0.2, 0.25) is 0 Å². The Bertz CT molecular complexity index is 1050. The van der Waals surface area contributed by atoms with Crippen LogP contribution in [0.4, 0.5) is 5.82 Å². The molecule has 1 aromatic carbocycles. The summed E-state index contributed by atoms with van der Waals surface area (Å²) in [6.45, 7) is 4.93. The van der Waals surface area contributed by atoms with Gasteiger partial charge < -0.3 is 14.5 Å². The summed E-state index contributed by atoms with van der Waals surface area (Å²) >= 11 is 0. The van der Waals surface area contributed by atoms with Gasteiger partial charge in [-0.1, -0.05) is 19.9 Å². The van der Waals surface area contributed by atoms with Crippen molar-refractivity contribution in [2.75, 3.05) is 12.4 Å². The van der Waals surface area contributed by atoms with Crippen LogP contribution in [0.15, 0.2) is 59.5 Å². The first-order valence-corrected chi connectivity index (χ1v) is 8.94. The van der Waals surface area contributed by atoms with E-state index in [0.29, 0.717) is 12.5 Å². The van der Waals surface area contributed by atoms with Crippen molar-refractivity contribution < 1.29 is 9.15 Å². The van der Waals surface area contributed by atoms with Crippen molar-refractivity contribution in [3.05, 3.63) is 66.4 Å². The SMILES string of the molecule is COc1ccc(C(C)C)cc1-c1cnn2c(NCc3ccco3)ccnc12. The Kier molecular flexibility index (Phi) is 4.54. The van der Waals surface area contributed by atoms with E-state index >= 15 is 0 Å². The van der Waals surface area contributed by atoms with Crippen LogP contribution in [0.3, 0.4) is 0 Å². The Morgan fingerprint density at radius 3 is 2.81 bits per heavy atom. The highest BCUT2D eigenvalue weighted by Gasteiger charge is 2.16. The van der Waals surface area contributed by atoms with Gasteiger partial charge in [-0.05, 0) is 41.8 Å². The number of fused-ring (bicyclic) bond motifs is 1. The minimum Gasteiger partial charge on any atom is -0.496 e. The van der Waals surface area contributed by atoms with Gasteiger partial charge in [0, 0.05) is 11.8 Å². The molecule has 0 aliphatic rings. The summed E-state index contributed by atoms with van der Waals surface area (Å²) in [6.07, 6.45) is 5.28. The fourth-order valence-electron chi connectivity index (χ4n) is 3.10. The lowest BCUT2D eigenvalue weighted by molar-refractivity contribution is 0.416. The second-order valence-electron chi connectivity index (χ2n) is 6.67. The highest BCUT2D eigenvalue weighted by atomic mass is 16.5. The predicted molar refractivity (Wildman–Crippen MR) is 105 cm³/mol. The van der Waals surface area contributed by atoms with E-state index < -0.39 is 0 Å². The minimum atomic E-state index is 0.426. The first-order chi connectivity index (χ1) is 13.2. The van der Waals surface area contributed by atoms with E-state index in [9.17, 15) is 0 Å². The van der Waals surface area contributed by atoms with Crippen LogP contribution >= 0.6 is 0 Å². The van der Waals surface area contributed by atoms with Gasteiger partial charge in [-0.15, -0.1) is 0 Å². The van der Waals surface area contributed by atoms with E-state index in [0.717, 1.165) is 34.1 Å². The van der Waals surface area contributed by atoms with Crippen molar-refractivity contribution in [2.45, 2.75) is 26.3 Å². The molecule has 0 saturated heterocycles. The first-order valence-electron chi connectivity index (χ1n) is 8.94. The Morgan fingerprint density at radius 2 is 2.07 bits per heavy atom. The largest absolute Gasteiger partial charge is 0.496 e. The molecule has 1 N–H and O–H groups in total. The summed E-state index contributed by atoms with van der Waals surface area (Å²) in [5.41, 5.74) is 3.96. The molecule has 0 fully saturated rings. The molecule has 0 unspecified atom stereocenters. The van der Waals surface area contributed by atoms with Crippen LogP contribution in [0.2, 0.25) is 0 Å². The van der Waals surface area contributed by atoms with E-state index in [1.165, 1.54) is 5.56 Å². The molecule has 0 aliphatic heterocycles. The van der Waals surface area contributed by atoms with Crippen LogP contribution in [-0.4, -0.2) is 21.7 Å². The highest BCUT2D eigenvalue weighted by Crippen LogP contribution is 2.35. The smallest absolute Gasteiger partial charge is 0.165 e. The lowest BCUT2D eigenvalue weighted by Gasteiger charge is -2.12. The molecule has 0 radical (unpaired) electrons. The summed E-state index contributed by atoms with van der Waals surface area (Å²) in [5.74, 6) is 2.94. The summed E-state index contributed by atoms with van der Waals surface area (Å²) in [7, 11) is 1.68. The number of hydrogen-bond acceptors (Lipinski definition) is 5. The third kappa shape index (κ3) is 3.26. The standard InChI is InChI=1S/C21H22N4O2/c1-14(2)15-6-7-19(26-3)17(11-15)18-13-24-25-20(8-9-22-21(18)25)23-12-16-5-4-10-27-16/h4-11,13-14,23H,12H2,1-3H3. The predicted octanol–water partition coefficient (Wildman–Crippen LogP) is 4.73. The molecule has 27 heavy (non-hydrogen) atoms. The van der Waals surface area contributed by atoms with E-state index in [1.807, 2.05) is 30.5 Å². The van der Waals surface area contributed by atoms with E-state index in [4.69, 9.17) is 9.15 Å². The number of anilines is 1. The highest BCUT2D eigenvalue weighted by molar-refractivity contribution is 5.82. The van der Waals surface area contributed by atoms with Crippen molar-refractivity contribution in [3.63, 3.8) is 0 Å². The number of benzene rings is 1. The molecule has 0 saturated carbocycles. The zero-order valence-corrected chi connectivity index (χ0v) is 15.6. The van der Waals surface area contributed by atoms with Crippen LogP contribution in [0.25, 0.3) is 16.8 Å².